The van der Waals surface area contributed by atoms with Crippen LogP contribution in [-0.4, -0.2) is 31.4 Å². The molecule has 2 rings (SSSR count). The van der Waals surface area contributed by atoms with Crippen LogP contribution in [0.15, 0.2) is 23.1 Å². The van der Waals surface area contributed by atoms with Crippen LogP contribution < -0.4 is 5.32 Å². The quantitative estimate of drug-likeness (QED) is 0.497. The van der Waals surface area contributed by atoms with Gasteiger partial charge in [-0.2, -0.15) is 0 Å². The third kappa shape index (κ3) is 2.38. The minimum absolute atomic E-state index is 0.283. The normalized spacial score (nSPS) is 11.6. The third-order valence-corrected chi connectivity index (χ3v) is 3.05. The van der Waals surface area contributed by atoms with Crippen LogP contribution >= 0.6 is 11.3 Å². The number of oxime groups is 1. The highest BCUT2D eigenvalue weighted by Gasteiger charge is 2.12. The molecule has 7 nitrogen and oxygen atoms in total. The molecule has 2 N–H and O–H groups in total. The van der Waals surface area contributed by atoms with Gasteiger partial charge in [-0.05, 0) is 6.92 Å². The van der Waals surface area contributed by atoms with E-state index in [-0.39, 0.29) is 5.91 Å². The van der Waals surface area contributed by atoms with E-state index in [1.54, 1.807) is 30.2 Å². The molecule has 0 unspecified atom stereocenters. The van der Waals surface area contributed by atoms with E-state index in [0.717, 1.165) is 0 Å². The minimum Gasteiger partial charge on any atom is -0.411 e. The first-order chi connectivity index (χ1) is 8.61. The van der Waals surface area contributed by atoms with E-state index >= 15 is 0 Å². The zero-order valence-electron chi connectivity index (χ0n) is 9.78. The number of nitrogens with one attached hydrogen (secondary N) is 1. The summed E-state index contributed by atoms with van der Waals surface area (Å²) in [6, 6.07) is 0. The average molecular weight is 265 g/mol. The number of carbonyl (C=O) groups is 1. The van der Waals surface area contributed by atoms with Gasteiger partial charge in [-0.3, -0.25) is 10.1 Å². The summed E-state index contributed by atoms with van der Waals surface area (Å²) < 4.78 is 1.62. The molecule has 0 aliphatic rings. The number of amides is 1. The second kappa shape index (κ2) is 4.96. The molecule has 0 aliphatic heterocycles. The summed E-state index contributed by atoms with van der Waals surface area (Å²) in [5.41, 5.74) is 1.37. The van der Waals surface area contributed by atoms with Crippen molar-refractivity contribution in [2.75, 3.05) is 5.32 Å². The van der Waals surface area contributed by atoms with E-state index in [1.807, 2.05) is 0 Å². The summed E-state index contributed by atoms with van der Waals surface area (Å²) >= 11 is 1.26. The highest BCUT2D eigenvalue weighted by atomic mass is 32.1. The smallest absolute Gasteiger partial charge is 0.275 e. The maximum Gasteiger partial charge on any atom is 0.275 e. The van der Waals surface area contributed by atoms with Gasteiger partial charge in [0.05, 0.1) is 12.5 Å². The molecule has 2 aromatic rings. The molecule has 0 radical (unpaired) electrons. The van der Waals surface area contributed by atoms with Crippen LogP contribution in [0.25, 0.3) is 0 Å². The van der Waals surface area contributed by atoms with Crippen LogP contribution in [-0.2, 0) is 7.05 Å². The van der Waals surface area contributed by atoms with Gasteiger partial charge in [0.1, 0.15) is 17.1 Å². The number of rotatable bonds is 3. The molecular weight excluding hydrogens is 254 g/mol. The van der Waals surface area contributed by atoms with Crippen molar-refractivity contribution in [3.63, 3.8) is 0 Å². The van der Waals surface area contributed by atoms with Crippen molar-refractivity contribution in [2.45, 2.75) is 6.92 Å². The fourth-order valence-electron chi connectivity index (χ4n) is 1.29. The first kappa shape index (κ1) is 12.2. The predicted octanol–water partition coefficient (Wildman–Crippen LogP) is 1.33. The zero-order chi connectivity index (χ0) is 13.1. The largest absolute Gasteiger partial charge is 0.411 e. The highest BCUT2D eigenvalue weighted by Crippen LogP contribution is 2.16. The molecule has 0 aliphatic carbocycles. The van der Waals surface area contributed by atoms with E-state index in [0.29, 0.717) is 22.2 Å². The van der Waals surface area contributed by atoms with Crippen molar-refractivity contribution < 1.29 is 10.0 Å². The zero-order valence-corrected chi connectivity index (χ0v) is 10.6. The van der Waals surface area contributed by atoms with Crippen LogP contribution in [0.4, 0.5) is 5.13 Å². The van der Waals surface area contributed by atoms with Crippen LogP contribution in [0.2, 0.25) is 0 Å². The Balaban J connectivity index is 2.13. The molecule has 2 aromatic heterocycles. The van der Waals surface area contributed by atoms with Crippen molar-refractivity contribution in [1.82, 2.24) is 14.5 Å². The number of anilines is 1. The fraction of sp³-hybridized carbons (Fsp3) is 0.200. The molecule has 2 heterocycles. The van der Waals surface area contributed by atoms with Crippen molar-refractivity contribution >= 4 is 28.1 Å². The Morgan fingerprint density at radius 1 is 1.61 bits per heavy atom. The van der Waals surface area contributed by atoms with Crippen molar-refractivity contribution in [1.29, 1.82) is 0 Å². The number of hydrogen-bond acceptors (Lipinski definition) is 6. The van der Waals surface area contributed by atoms with Crippen LogP contribution in [0.1, 0.15) is 23.1 Å². The van der Waals surface area contributed by atoms with Gasteiger partial charge >= 0.3 is 0 Å². The summed E-state index contributed by atoms with van der Waals surface area (Å²) in [7, 11) is 1.73. The molecular formula is C10H11N5O2S. The Hall–Kier alpha value is -2.22. The second-order valence-corrected chi connectivity index (χ2v) is 4.43. The minimum atomic E-state index is -0.283. The van der Waals surface area contributed by atoms with Crippen LogP contribution in [0.3, 0.4) is 0 Å². The number of thiazole rings is 1. The van der Waals surface area contributed by atoms with Gasteiger partial charge in [0.15, 0.2) is 5.13 Å². The fourth-order valence-corrected chi connectivity index (χ4v) is 2.03. The van der Waals surface area contributed by atoms with Crippen molar-refractivity contribution in [3.8, 4) is 0 Å². The van der Waals surface area contributed by atoms with E-state index in [9.17, 15) is 4.79 Å². The molecule has 0 saturated carbocycles. The number of aromatic nitrogens is 3. The lowest BCUT2D eigenvalue weighted by molar-refractivity contribution is 0.101. The van der Waals surface area contributed by atoms with Gasteiger partial charge in [0.2, 0.25) is 0 Å². The van der Waals surface area contributed by atoms with E-state index in [4.69, 9.17) is 5.21 Å². The lowest BCUT2D eigenvalue weighted by Crippen LogP contribution is -2.15. The summed E-state index contributed by atoms with van der Waals surface area (Å²) in [5.74, 6) is -0.283. The Bertz CT molecular complexity index is 601. The van der Waals surface area contributed by atoms with Gasteiger partial charge in [0.25, 0.3) is 5.91 Å². The van der Waals surface area contributed by atoms with E-state index in [1.165, 1.54) is 17.5 Å². The summed E-state index contributed by atoms with van der Waals surface area (Å²) in [6.45, 7) is 1.63. The molecule has 94 valence electrons. The lowest BCUT2D eigenvalue weighted by Gasteiger charge is -2.01. The SMILES string of the molecule is CC(=NO)c1csc(NC(=O)c2cncn2C)n1. The lowest BCUT2D eigenvalue weighted by atomic mass is 10.3. The van der Waals surface area contributed by atoms with Gasteiger partial charge in [0, 0.05) is 12.4 Å². The molecule has 18 heavy (non-hydrogen) atoms. The Morgan fingerprint density at radius 3 is 3.00 bits per heavy atom. The Morgan fingerprint density at radius 2 is 2.39 bits per heavy atom. The maximum absolute atomic E-state index is 11.9. The third-order valence-electron chi connectivity index (χ3n) is 2.29. The molecule has 0 saturated heterocycles. The van der Waals surface area contributed by atoms with Crippen molar-refractivity contribution in [3.05, 3.63) is 29.3 Å². The molecule has 8 heteroatoms. The summed E-state index contributed by atoms with van der Waals surface area (Å²) in [4.78, 5) is 19.9. The Kier molecular flexibility index (Phi) is 3.38. The standard InChI is InChI=1S/C10H11N5O2S/c1-6(14-17)7-4-18-10(12-7)13-9(16)8-3-11-5-15(8)2/h3-5,17H,1-2H3,(H,12,13,16). The highest BCUT2D eigenvalue weighted by molar-refractivity contribution is 7.14. The van der Waals surface area contributed by atoms with Gasteiger partial charge in [-0.15, -0.1) is 11.3 Å². The van der Waals surface area contributed by atoms with Gasteiger partial charge < -0.3 is 9.77 Å². The predicted molar refractivity (Wildman–Crippen MR) is 67.3 cm³/mol. The number of hydrogen-bond donors (Lipinski definition) is 2. The van der Waals surface area contributed by atoms with Gasteiger partial charge in [-0.25, -0.2) is 9.97 Å². The van der Waals surface area contributed by atoms with Crippen LogP contribution in [0.5, 0.6) is 0 Å². The van der Waals surface area contributed by atoms with E-state index in [2.05, 4.69) is 20.4 Å². The molecule has 0 spiro atoms. The number of nitrogens with zero attached hydrogens (tertiary/aromatic N) is 4. The Labute approximate surface area is 107 Å². The van der Waals surface area contributed by atoms with E-state index < -0.39 is 0 Å². The molecule has 1 amide bonds. The average Bonchev–Trinajstić information content (AvgIpc) is 2.97. The van der Waals surface area contributed by atoms with Crippen LogP contribution in [0, 0.1) is 0 Å². The number of aryl methyl sites for hydroxylation is 1. The molecule has 0 atom stereocenters. The number of carbonyl (C=O) groups excluding carboxylic acids is 1. The molecule has 0 aromatic carbocycles. The summed E-state index contributed by atoms with van der Waals surface area (Å²) in [6.07, 6.45) is 3.02. The summed E-state index contributed by atoms with van der Waals surface area (Å²) in [5, 5.41) is 16.5. The molecule has 0 bridgehead atoms. The maximum atomic E-state index is 11.9. The van der Waals surface area contributed by atoms with Crippen molar-refractivity contribution in [2.24, 2.45) is 12.2 Å². The first-order valence-electron chi connectivity index (χ1n) is 5.04. The molecule has 0 fully saturated rings. The first-order valence-corrected chi connectivity index (χ1v) is 5.92. The number of imidazole rings is 1. The second-order valence-electron chi connectivity index (χ2n) is 3.57. The van der Waals surface area contributed by atoms with Gasteiger partial charge in [-0.1, -0.05) is 5.16 Å². The topological polar surface area (TPSA) is 92.4 Å². The monoisotopic (exact) mass is 265 g/mol.